The van der Waals surface area contributed by atoms with Crippen LogP contribution in [0, 0.1) is 6.92 Å². The molecular weight excluding hydrogens is 188 g/mol. The van der Waals surface area contributed by atoms with Gasteiger partial charge >= 0.3 is 0 Å². The zero-order valence-electron chi connectivity index (χ0n) is 9.16. The summed E-state index contributed by atoms with van der Waals surface area (Å²) in [4.78, 5) is 8.80. The monoisotopic (exact) mass is 206 g/mol. The van der Waals surface area contributed by atoms with Crippen molar-refractivity contribution in [1.29, 1.82) is 0 Å². The molecule has 1 aliphatic rings. The van der Waals surface area contributed by atoms with E-state index >= 15 is 0 Å². The van der Waals surface area contributed by atoms with Crippen molar-refractivity contribution in [3.8, 4) is 0 Å². The third-order valence-electron chi connectivity index (χ3n) is 2.54. The fourth-order valence-corrected chi connectivity index (χ4v) is 1.59. The maximum atomic E-state index is 5.44. The van der Waals surface area contributed by atoms with Gasteiger partial charge in [0.1, 0.15) is 11.6 Å². The van der Waals surface area contributed by atoms with Crippen molar-refractivity contribution in [2.24, 2.45) is 5.73 Å². The van der Waals surface area contributed by atoms with Gasteiger partial charge in [-0.3, -0.25) is 0 Å². The molecule has 0 amide bonds. The zero-order chi connectivity index (χ0) is 10.7. The van der Waals surface area contributed by atoms with Crippen LogP contribution in [0.5, 0.6) is 0 Å². The highest BCUT2D eigenvalue weighted by molar-refractivity contribution is 5.37. The Bertz CT molecular complexity index is 333. The lowest BCUT2D eigenvalue weighted by Gasteiger charge is -2.07. The molecule has 1 heterocycles. The van der Waals surface area contributed by atoms with E-state index in [-0.39, 0.29) is 0 Å². The quantitative estimate of drug-likeness (QED) is 0.715. The molecule has 4 heteroatoms. The van der Waals surface area contributed by atoms with Gasteiger partial charge in [0.15, 0.2) is 0 Å². The molecule has 0 radical (unpaired) electrons. The summed E-state index contributed by atoms with van der Waals surface area (Å²) in [5, 5.41) is 3.28. The molecule has 1 aliphatic carbocycles. The Kier molecular flexibility index (Phi) is 3.16. The largest absolute Gasteiger partial charge is 0.370 e. The van der Waals surface area contributed by atoms with Crippen molar-refractivity contribution < 1.29 is 0 Å². The van der Waals surface area contributed by atoms with Gasteiger partial charge in [-0.2, -0.15) is 0 Å². The van der Waals surface area contributed by atoms with Crippen LogP contribution >= 0.6 is 0 Å². The lowest BCUT2D eigenvalue weighted by Crippen LogP contribution is -2.10. The molecular formula is C11H18N4. The molecule has 1 fully saturated rings. The Hall–Kier alpha value is -1.16. The Labute approximate surface area is 90.3 Å². The van der Waals surface area contributed by atoms with Gasteiger partial charge in [-0.15, -0.1) is 0 Å². The molecule has 0 unspecified atom stereocenters. The van der Waals surface area contributed by atoms with E-state index in [0.717, 1.165) is 24.6 Å². The number of nitrogens with two attached hydrogens (primary N) is 1. The van der Waals surface area contributed by atoms with E-state index in [1.165, 1.54) is 18.5 Å². The Morgan fingerprint density at radius 2 is 2.27 bits per heavy atom. The summed E-state index contributed by atoms with van der Waals surface area (Å²) >= 11 is 0. The standard InChI is InChI=1S/C11H18N4/c1-8-14-10(9-3-4-9)7-11(15-8)13-6-2-5-12/h7,9H,2-6,12H2,1H3,(H,13,14,15). The summed E-state index contributed by atoms with van der Waals surface area (Å²) in [7, 11) is 0. The van der Waals surface area contributed by atoms with Crippen LogP contribution in [-0.2, 0) is 0 Å². The molecule has 2 rings (SSSR count). The topological polar surface area (TPSA) is 63.8 Å². The summed E-state index contributed by atoms with van der Waals surface area (Å²) in [5.41, 5.74) is 6.63. The average molecular weight is 206 g/mol. The van der Waals surface area contributed by atoms with Gasteiger partial charge in [-0.1, -0.05) is 0 Å². The Morgan fingerprint density at radius 3 is 2.93 bits per heavy atom. The van der Waals surface area contributed by atoms with Gasteiger partial charge in [0.25, 0.3) is 0 Å². The van der Waals surface area contributed by atoms with Crippen LogP contribution < -0.4 is 11.1 Å². The second-order valence-electron chi connectivity index (χ2n) is 4.07. The van der Waals surface area contributed by atoms with Gasteiger partial charge in [0, 0.05) is 24.2 Å². The summed E-state index contributed by atoms with van der Waals surface area (Å²) in [6.07, 6.45) is 3.53. The van der Waals surface area contributed by atoms with E-state index in [2.05, 4.69) is 21.4 Å². The lowest BCUT2D eigenvalue weighted by atomic mass is 10.2. The van der Waals surface area contributed by atoms with Crippen LogP contribution in [0.1, 0.15) is 36.7 Å². The third kappa shape index (κ3) is 2.89. The van der Waals surface area contributed by atoms with Crippen LogP contribution in [-0.4, -0.2) is 23.1 Å². The number of rotatable bonds is 5. The molecule has 0 bridgehead atoms. The van der Waals surface area contributed by atoms with Gasteiger partial charge in [0.05, 0.1) is 0 Å². The van der Waals surface area contributed by atoms with Crippen molar-refractivity contribution in [3.63, 3.8) is 0 Å². The average Bonchev–Trinajstić information content (AvgIpc) is 3.00. The van der Waals surface area contributed by atoms with Gasteiger partial charge in [-0.05, 0) is 32.7 Å². The number of anilines is 1. The summed E-state index contributed by atoms with van der Waals surface area (Å²) in [6, 6.07) is 2.07. The van der Waals surface area contributed by atoms with E-state index in [4.69, 9.17) is 5.73 Å². The molecule has 15 heavy (non-hydrogen) atoms. The van der Waals surface area contributed by atoms with Crippen molar-refractivity contribution in [1.82, 2.24) is 9.97 Å². The predicted molar refractivity (Wildman–Crippen MR) is 60.9 cm³/mol. The molecule has 0 spiro atoms. The van der Waals surface area contributed by atoms with Crippen molar-refractivity contribution >= 4 is 5.82 Å². The minimum Gasteiger partial charge on any atom is -0.370 e. The third-order valence-corrected chi connectivity index (χ3v) is 2.54. The molecule has 0 aromatic carbocycles. The molecule has 0 atom stereocenters. The second-order valence-corrected chi connectivity index (χ2v) is 4.07. The Morgan fingerprint density at radius 1 is 1.47 bits per heavy atom. The van der Waals surface area contributed by atoms with E-state index in [0.29, 0.717) is 12.5 Å². The first-order chi connectivity index (χ1) is 7.29. The summed E-state index contributed by atoms with van der Waals surface area (Å²) in [6.45, 7) is 3.55. The normalized spacial score (nSPS) is 15.3. The fraction of sp³-hybridized carbons (Fsp3) is 0.636. The number of hydrogen-bond acceptors (Lipinski definition) is 4. The lowest BCUT2D eigenvalue weighted by molar-refractivity contribution is 0.861. The first-order valence-electron chi connectivity index (χ1n) is 5.59. The number of nitrogens with one attached hydrogen (secondary N) is 1. The number of aromatic nitrogens is 2. The molecule has 1 aromatic rings. The van der Waals surface area contributed by atoms with Gasteiger partial charge in [0.2, 0.25) is 0 Å². The molecule has 82 valence electrons. The predicted octanol–water partition coefficient (Wildman–Crippen LogP) is 1.42. The van der Waals surface area contributed by atoms with E-state index in [9.17, 15) is 0 Å². The number of hydrogen-bond donors (Lipinski definition) is 2. The first kappa shape index (κ1) is 10.4. The van der Waals surface area contributed by atoms with E-state index in [1.807, 2.05) is 6.92 Å². The van der Waals surface area contributed by atoms with Gasteiger partial charge < -0.3 is 11.1 Å². The van der Waals surface area contributed by atoms with E-state index < -0.39 is 0 Å². The molecule has 1 saturated carbocycles. The van der Waals surface area contributed by atoms with Crippen LogP contribution in [0.4, 0.5) is 5.82 Å². The highest BCUT2D eigenvalue weighted by atomic mass is 15.0. The molecule has 0 saturated heterocycles. The van der Waals surface area contributed by atoms with E-state index in [1.54, 1.807) is 0 Å². The van der Waals surface area contributed by atoms with Crippen molar-refractivity contribution in [3.05, 3.63) is 17.6 Å². The minimum atomic E-state index is 0.682. The van der Waals surface area contributed by atoms with Gasteiger partial charge in [-0.25, -0.2) is 9.97 Å². The van der Waals surface area contributed by atoms with Crippen molar-refractivity contribution in [2.75, 3.05) is 18.4 Å². The van der Waals surface area contributed by atoms with Crippen LogP contribution in [0.15, 0.2) is 6.07 Å². The molecule has 3 N–H and O–H groups in total. The summed E-state index contributed by atoms with van der Waals surface area (Å²) < 4.78 is 0. The van der Waals surface area contributed by atoms with Crippen molar-refractivity contribution in [2.45, 2.75) is 32.1 Å². The number of nitrogens with zero attached hydrogens (tertiary/aromatic N) is 2. The Balaban J connectivity index is 2.02. The second kappa shape index (κ2) is 4.57. The zero-order valence-corrected chi connectivity index (χ0v) is 9.16. The SMILES string of the molecule is Cc1nc(NCCCN)cc(C2CC2)n1. The highest BCUT2D eigenvalue weighted by Crippen LogP contribution is 2.39. The number of aryl methyl sites for hydroxylation is 1. The molecule has 4 nitrogen and oxygen atoms in total. The maximum Gasteiger partial charge on any atom is 0.129 e. The highest BCUT2D eigenvalue weighted by Gasteiger charge is 2.25. The smallest absolute Gasteiger partial charge is 0.129 e. The molecule has 0 aliphatic heterocycles. The summed E-state index contributed by atoms with van der Waals surface area (Å²) in [5.74, 6) is 2.48. The molecule has 1 aromatic heterocycles. The fourth-order valence-electron chi connectivity index (χ4n) is 1.59. The van der Waals surface area contributed by atoms with Crippen LogP contribution in [0.2, 0.25) is 0 Å². The van der Waals surface area contributed by atoms with Crippen LogP contribution in [0.25, 0.3) is 0 Å². The maximum absolute atomic E-state index is 5.44. The van der Waals surface area contributed by atoms with Crippen LogP contribution in [0.3, 0.4) is 0 Å². The first-order valence-corrected chi connectivity index (χ1v) is 5.59. The minimum absolute atomic E-state index is 0.682.